The van der Waals surface area contributed by atoms with Crippen LogP contribution in [0.3, 0.4) is 0 Å². The number of benzene rings is 2. The van der Waals surface area contributed by atoms with E-state index in [9.17, 15) is 10.2 Å². The van der Waals surface area contributed by atoms with Gasteiger partial charge in [-0.25, -0.2) is 0 Å². The third-order valence-electron chi connectivity index (χ3n) is 5.11. The van der Waals surface area contributed by atoms with Crippen molar-refractivity contribution in [2.24, 2.45) is 0 Å². The molecule has 0 aliphatic carbocycles. The minimum atomic E-state index is -1.03. The predicted octanol–water partition coefficient (Wildman–Crippen LogP) is 3.16. The Balaban J connectivity index is 1.99. The van der Waals surface area contributed by atoms with Crippen molar-refractivity contribution in [1.29, 1.82) is 0 Å². The Labute approximate surface area is 144 Å². The second kappa shape index (κ2) is 7.47. The van der Waals surface area contributed by atoms with Crippen molar-refractivity contribution in [3.63, 3.8) is 0 Å². The fraction of sp³-hybridized carbons (Fsp3) is 0.429. The molecule has 1 heterocycles. The second-order valence-corrected chi connectivity index (χ2v) is 6.83. The summed E-state index contributed by atoms with van der Waals surface area (Å²) >= 11 is 0. The summed E-state index contributed by atoms with van der Waals surface area (Å²) < 4.78 is 0. The highest BCUT2D eigenvalue weighted by molar-refractivity contribution is 5.38. The van der Waals surface area contributed by atoms with E-state index >= 15 is 0 Å². The van der Waals surface area contributed by atoms with Gasteiger partial charge in [0.15, 0.2) is 0 Å². The van der Waals surface area contributed by atoms with Gasteiger partial charge in [0.2, 0.25) is 0 Å². The van der Waals surface area contributed by atoms with Gasteiger partial charge in [-0.2, -0.15) is 0 Å². The minimum Gasteiger partial charge on any atom is -0.393 e. The lowest BCUT2D eigenvalue weighted by molar-refractivity contribution is -0.00726. The highest BCUT2D eigenvalue weighted by Crippen LogP contribution is 2.40. The molecule has 1 fully saturated rings. The standard InChI is InChI=1S/C21H27NO2/c1-17(23)14-16-22-15-8-13-20(22)21(24,18-9-4-2-5-10-18)19-11-6-3-7-12-19/h2-7,9-12,17,20,23-24H,8,13-16H2,1H3. The van der Waals surface area contributed by atoms with E-state index in [1.54, 1.807) is 0 Å². The molecule has 0 radical (unpaired) electrons. The van der Waals surface area contributed by atoms with Crippen LogP contribution >= 0.6 is 0 Å². The van der Waals surface area contributed by atoms with Crippen molar-refractivity contribution in [1.82, 2.24) is 4.90 Å². The van der Waals surface area contributed by atoms with Crippen LogP contribution in [0.15, 0.2) is 60.7 Å². The molecule has 2 unspecified atom stereocenters. The smallest absolute Gasteiger partial charge is 0.130 e. The summed E-state index contributed by atoms with van der Waals surface area (Å²) in [7, 11) is 0. The molecule has 0 spiro atoms. The zero-order valence-electron chi connectivity index (χ0n) is 14.3. The SMILES string of the molecule is CC(O)CCN1CCCC1C(O)(c1ccccc1)c1ccccc1. The Morgan fingerprint density at radius 1 is 1.04 bits per heavy atom. The quantitative estimate of drug-likeness (QED) is 0.857. The maximum absolute atomic E-state index is 11.9. The summed E-state index contributed by atoms with van der Waals surface area (Å²) in [4.78, 5) is 2.34. The first-order chi connectivity index (χ1) is 11.6. The molecule has 2 atom stereocenters. The number of rotatable bonds is 6. The van der Waals surface area contributed by atoms with E-state index in [2.05, 4.69) is 4.90 Å². The Bertz CT molecular complexity index is 587. The van der Waals surface area contributed by atoms with Gasteiger partial charge in [0.1, 0.15) is 5.60 Å². The van der Waals surface area contributed by atoms with E-state index in [0.717, 1.165) is 43.5 Å². The van der Waals surface area contributed by atoms with E-state index in [0.29, 0.717) is 0 Å². The van der Waals surface area contributed by atoms with Crippen molar-refractivity contribution in [3.05, 3.63) is 71.8 Å². The molecule has 0 saturated carbocycles. The molecule has 3 rings (SSSR count). The topological polar surface area (TPSA) is 43.7 Å². The molecule has 2 N–H and O–H groups in total. The lowest BCUT2D eigenvalue weighted by Gasteiger charge is -2.40. The van der Waals surface area contributed by atoms with E-state index in [4.69, 9.17) is 0 Å². The maximum atomic E-state index is 11.9. The summed E-state index contributed by atoms with van der Waals surface area (Å²) in [6.07, 6.45) is 2.45. The van der Waals surface area contributed by atoms with Crippen LogP contribution in [0.2, 0.25) is 0 Å². The van der Waals surface area contributed by atoms with Gasteiger partial charge in [0.05, 0.1) is 6.10 Å². The van der Waals surface area contributed by atoms with Crippen molar-refractivity contribution >= 4 is 0 Å². The first-order valence-corrected chi connectivity index (χ1v) is 8.88. The van der Waals surface area contributed by atoms with Gasteiger partial charge in [-0.05, 0) is 43.9 Å². The van der Waals surface area contributed by atoms with Crippen LogP contribution in [-0.2, 0) is 5.60 Å². The van der Waals surface area contributed by atoms with Crippen LogP contribution in [0, 0.1) is 0 Å². The second-order valence-electron chi connectivity index (χ2n) is 6.83. The minimum absolute atomic E-state index is 0.0287. The molecular formula is C21H27NO2. The van der Waals surface area contributed by atoms with Gasteiger partial charge in [0, 0.05) is 12.6 Å². The Morgan fingerprint density at radius 3 is 2.08 bits per heavy atom. The molecule has 0 bridgehead atoms. The first kappa shape index (κ1) is 17.2. The van der Waals surface area contributed by atoms with Crippen molar-refractivity contribution in [3.8, 4) is 0 Å². The fourth-order valence-corrected chi connectivity index (χ4v) is 3.86. The van der Waals surface area contributed by atoms with Crippen LogP contribution in [0.25, 0.3) is 0 Å². The zero-order valence-corrected chi connectivity index (χ0v) is 14.3. The highest BCUT2D eigenvalue weighted by atomic mass is 16.3. The number of hydrogen-bond donors (Lipinski definition) is 2. The molecule has 2 aromatic rings. The van der Waals surface area contributed by atoms with Crippen LogP contribution in [0.4, 0.5) is 0 Å². The molecule has 1 aliphatic heterocycles. The van der Waals surface area contributed by atoms with Crippen molar-refractivity contribution in [2.45, 2.75) is 43.9 Å². The molecule has 24 heavy (non-hydrogen) atoms. The van der Waals surface area contributed by atoms with Crippen molar-refractivity contribution in [2.75, 3.05) is 13.1 Å². The summed E-state index contributed by atoms with van der Waals surface area (Å²) in [6, 6.07) is 20.0. The lowest BCUT2D eigenvalue weighted by atomic mass is 9.79. The van der Waals surface area contributed by atoms with Crippen LogP contribution < -0.4 is 0 Å². The average molecular weight is 325 g/mol. The first-order valence-electron chi connectivity index (χ1n) is 8.88. The third kappa shape index (κ3) is 3.39. The Morgan fingerprint density at radius 2 is 1.58 bits per heavy atom. The molecule has 0 amide bonds. The summed E-state index contributed by atoms with van der Waals surface area (Å²) in [6.45, 7) is 3.61. The van der Waals surface area contributed by atoms with Gasteiger partial charge < -0.3 is 10.2 Å². The van der Waals surface area contributed by atoms with E-state index in [1.807, 2.05) is 67.6 Å². The van der Waals surface area contributed by atoms with Gasteiger partial charge >= 0.3 is 0 Å². The molecule has 2 aromatic carbocycles. The molecule has 3 nitrogen and oxygen atoms in total. The normalized spacial score (nSPS) is 20.2. The Hall–Kier alpha value is -1.68. The number of hydrogen-bond acceptors (Lipinski definition) is 3. The summed E-state index contributed by atoms with van der Waals surface area (Å²) in [5, 5.41) is 21.5. The molecule has 128 valence electrons. The van der Waals surface area contributed by atoms with Crippen LogP contribution in [-0.4, -0.2) is 40.3 Å². The number of likely N-dealkylation sites (tertiary alicyclic amines) is 1. The number of aliphatic hydroxyl groups is 2. The predicted molar refractivity (Wildman–Crippen MR) is 96.8 cm³/mol. The molecular weight excluding hydrogens is 298 g/mol. The monoisotopic (exact) mass is 325 g/mol. The van der Waals surface area contributed by atoms with Gasteiger partial charge in [-0.3, -0.25) is 4.90 Å². The van der Waals surface area contributed by atoms with Gasteiger partial charge in [0.25, 0.3) is 0 Å². The maximum Gasteiger partial charge on any atom is 0.130 e. The third-order valence-corrected chi connectivity index (χ3v) is 5.11. The van der Waals surface area contributed by atoms with Crippen LogP contribution in [0.1, 0.15) is 37.3 Å². The van der Waals surface area contributed by atoms with Crippen molar-refractivity contribution < 1.29 is 10.2 Å². The number of aliphatic hydroxyl groups excluding tert-OH is 1. The van der Waals surface area contributed by atoms with Crippen LogP contribution in [0.5, 0.6) is 0 Å². The zero-order chi connectivity index (χ0) is 17.0. The van der Waals surface area contributed by atoms with E-state index < -0.39 is 5.60 Å². The van der Waals surface area contributed by atoms with E-state index in [1.165, 1.54) is 0 Å². The Kier molecular flexibility index (Phi) is 5.34. The molecule has 3 heteroatoms. The highest BCUT2D eigenvalue weighted by Gasteiger charge is 2.45. The fourth-order valence-electron chi connectivity index (χ4n) is 3.86. The lowest BCUT2D eigenvalue weighted by Crippen LogP contribution is -2.49. The van der Waals surface area contributed by atoms with E-state index in [-0.39, 0.29) is 12.1 Å². The largest absolute Gasteiger partial charge is 0.393 e. The molecule has 0 aromatic heterocycles. The molecule has 1 aliphatic rings. The average Bonchev–Trinajstić information content (AvgIpc) is 3.10. The number of nitrogens with zero attached hydrogens (tertiary/aromatic N) is 1. The summed E-state index contributed by atoms with van der Waals surface area (Å²) in [5.41, 5.74) is 0.841. The van der Waals surface area contributed by atoms with Gasteiger partial charge in [-0.1, -0.05) is 60.7 Å². The van der Waals surface area contributed by atoms with Gasteiger partial charge in [-0.15, -0.1) is 0 Å². The summed E-state index contributed by atoms with van der Waals surface area (Å²) in [5.74, 6) is 0. The molecule has 1 saturated heterocycles.